The van der Waals surface area contributed by atoms with E-state index in [0.29, 0.717) is 0 Å². The second-order valence-corrected chi connectivity index (χ2v) is 6.04. The fourth-order valence-electron chi connectivity index (χ4n) is 2.36. The van der Waals surface area contributed by atoms with Crippen LogP contribution in [0.1, 0.15) is 0 Å². The normalized spacial score (nSPS) is 10.8. The maximum absolute atomic E-state index is 3.63. The Hall–Kier alpha value is -1.25. The van der Waals surface area contributed by atoms with Crippen molar-refractivity contribution in [3.05, 3.63) is 65.1 Å². The molecule has 0 atom stereocenters. The molecule has 0 unspecified atom stereocenters. The minimum Gasteiger partial charge on any atom is -0.129 e. The summed E-state index contributed by atoms with van der Waals surface area (Å²) >= 11 is 5.43. The Bertz CT molecular complexity index is 734. The molecule has 0 nitrogen and oxygen atoms in total. The number of fused-ring (bicyclic) bond motifs is 1. The molecule has 0 radical (unpaired) electrons. The SMILES string of the molecule is CSc1ccccc1-c1ccc(Br)c2ccccc12. The van der Waals surface area contributed by atoms with E-state index in [1.54, 1.807) is 11.8 Å². The molecule has 3 aromatic carbocycles. The van der Waals surface area contributed by atoms with Crippen LogP contribution in [-0.2, 0) is 0 Å². The predicted molar refractivity (Wildman–Crippen MR) is 88.9 cm³/mol. The second-order valence-electron chi connectivity index (χ2n) is 4.34. The molecule has 0 saturated heterocycles. The van der Waals surface area contributed by atoms with Crippen LogP contribution in [0.2, 0.25) is 0 Å². The van der Waals surface area contributed by atoms with E-state index in [1.165, 1.54) is 26.8 Å². The van der Waals surface area contributed by atoms with Gasteiger partial charge in [-0.3, -0.25) is 0 Å². The lowest BCUT2D eigenvalue weighted by Gasteiger charge is -2.11. The lowest BCUT2D eigenvalue weighted by atomic mass is 9.98. The van der Waals surface area contributed by atoms with Gasteiger partial charge in [-0.05, 0) is 40.3 Å². The fraction of sp³-hybridized carbons (Fsp3) is 0.0588. The van der Waals surface area contributed by atoms with Crippen molar-refractivity contribution >= 4 is 38.5 Å². The van der Waals surface area contributed by atoms with E-state index in [1.807, 2.05) is 0 Å². The Morgan fingerprint density at radius 3 is 2.21 bits per heavy atom. The molecule has 0 amide bonds. The van der Waals surface area contributed by atoms with E-state index in [-0.39, 0.29) is 0 Å². The molecule has 0 aromatic heterocycles. The van der Waals surface area contributed by atoms with Crippen molar-refractivity contribution in [1.82, 2.24) is 0 Å². The van der Waals surface area contributed by atoms with Gasteiger partial charge in [0.1, 0.15) is 0 Å². The predicted octanol–water partition coefficient (Wildman–Crippen LogP) is 5.99. The molecule has 3 rings (SSSR count). The molecule has 0 bridgehead atoms. The summed E-state index contributed by atoms with van der Waals surface area (Å²) in [5.41, 5.74) is 2.60. The molecular weight excluding hydrogens is 316 g/mol. The topological polar surface area (TPSA) is 0 Å². The summed E-state index contributed by atoms with van der Waals surface area (Å²) in [5.74, 6) is 0. The van der Waals surface area contributed by atoms with Gasteiger partial charge in [-0.15, -0.1) is 11.8 Å². The summed E-state index contributed by atoms with van der Waals surface area (Å²) in [4.78, 5) is 1.31. The summed E-state index contributed by atoms with van der Waals surface area (Å²) in [6, 6.07) is 21.4. The molecule has 0 aliphatic heterocycles. The molecule has 0 aliphatic carbocycles. The van der Waals surface area contributed by atoms with Crippen molar-refractivity contribution < 1.29 is 0 Å². The van der Waals surface area contributed by atoms with Gasteiger partial charge in [-0.2, -0.15) is 0 Å². The van der Waals surface area contributed by atoms with E-state index in [4.69, 9.17) is 0 Å². The van der Waals surface area contributed by atoms with E-state index in [9.17, 15) is 0 Å². The molecule has 0 saturated carbocycles. The van der Waals surface area contributed by atoms with Gasteiger partial charge in [-0.1, -0.05) is 64.5 Å². The lowest BCUT2D eigenvalue weighted by Crippen LogP contribution is -1.85. The van der Waals surface area contributed by atoms with Crippen molar-refractivity contribution in [3.63, 3.8) is 0 Å². The average molecular weight is 329 g/mol. The lowest BCUT2D eigenvalue weighted by molar-refractivity contribution is 1.46. The number of hydrogen-bond acceptors (Lipinski definition) is 1. The molecular formula is C17H13BrS. The van der Waals surface area contributed by atoms with Crippen LogP contribution in [0.3, 0.4) is 0 Å². The molecule has 0 N–H and O–H groups in total. The standard InChI is InChI=1S/C17H13BrS/c1-19-17-9-5-4-8-15(17)13-10-11-16(18)14-7-3-2-6-12(13)14/h2-11H,1H3. The van der Waals surface area contributed by atoms with Crippen molar-refractivity contribution in [1.29, 1.82) is 0 Å². The Morgan fingerprint density at radius 2 is 1.42 bits per heavy atom. The van der Waals surface area contributed by atoms with Gasteiger partial charge in [0.05, 0.1) is 0 Å². The van der Waals surface area contributed by atoms with Gasteiger partial charge in [0.2, 0.25) is 0 Å². The van der Waals surface area contributed by atoms with Crippen LogP contribution in [0.4, 0.5) is 0 Å². The summed E-state index contributed by atoms with van der Waals surface area (Å²) in [7, 11) is 0. The summed E-state index contributed by atoms with van der Waals surface area (Å²) in [6.07, 6.45) is 2.12. The first kappa shape index (κ1) is 12.8. The van der Waals surface area contributed by atoms with Crippen LogP contribution < -0.4 is 0 Å². The summed E-state index contributed by atoms with van der Waals surface area (Å²) in [5, 5.41) is 2.55. The van der Waals surface area contributed by atoms with Crippen LogP contribution in [0, 0.1) is 0 Å². The van der Waals surface area contributed by atoms with Crippen LogP contribution in [0.15, 0.2) is 70.0 Å². The van der Waals surface area contributed by atoms with Crippen molar-refractivity contribution in [2.24, 2.45) is 0 Å². The third kappa shape index (κ3) is 2.31. The molecule has 2 heteroatoms. The Morgan fingerprint density at radius 1 is 0.737 bits per heavy atom. The number of rotatable bonds is 2. The average Bonchev–Trinajstić information content (AvgIpc) is 2.48. The first-order valence-electron chi connectivity index (χ1n) is 6.12. The number of hydrogen-bond donors (Lipinski definition) is 0. The highest BCUT2D eigenvalue weighted by Crippen LogP contribution is 2.37. The molecule has 0 spiro atoms. The number of thioether (sulfide) groups is 1. The first-order chi connectivity index (χ1) is 9.31. The Balaban J connectivity index is 2.34. The van der Waals surface area contributed by atoms with Crippen LogP contribution in [0.25, 0.3) is 21.9 Å². The Kier molecular flexibility index (Phi) is 3.63. The summed E-state index contributed by atoms with van der Waals surface area (Å²) < 4.78 is 1.15. The zero-order valence-electron chi connectivity index (χ0n) is 10.6. The third-order valence-electron chi connectivity index (χ3n) is 3.27. The highest BCUT2D eigenvalue weighted by atomic mass is 79.9. The molecule has 3 aromatic rings. The van der Waals surface area contributed by atoms with Gasteiger partial charge in [0.15, 0.2) is 0 Å². The highest BCUT2D eigenvalue weighted by molar-refractivity contribution is 9.10. The van der Waals surface area contributed by atoms with Gasteiger partial charge in [-0.25, -0.2) is 0 Å². The summed E-state index contributed by atoms with van der Waals surface area (Å²) in [6.45, 7) is 0. The van der Waals surface area contributed by atoms with E-state index >= 15 is 0 Å². The number of halogens is 1. The first-order valence-corrected chi connectivity index (χ1v) is 8.13. The fourth-order valence-corrected chi connectivity index (χ4v) is 3.45. The number of benzene rings is 3. The Labute approximate surface area is 126 Å². The zero-order chi connectivity index (χ0) is 13.2. The van der Waals surface area contributed by atoms with E-state index in [0.717, 1.165) is 4.47 Å². The van der Waals surface area contributed by atoms with Crippen molar-refractivity contribution in [2.75, 3.05) is 6.26 Å². The molecule has 19 heavy (non-hydrogen) atoms. The van der Waals surface area contributed by atoms with Crippen LogP contribution >= 0.6 is 27.7 Å². The van der Waals surface area contributed by atoms with Crippen LogP contribution in [-0.4, -0.2) is 6.26 Å². The quantitative estimate of drug-likeness (QED) is 0.520. The van der Waals surface area contributed by atoms with Gasteiger partial charge < -0.3 is 0 Å². The monoisotopic (exact) mass is 328 g/mol. The molecule has 0 aliphatic rings. The largest absolute Gasteiger partial charge is 0.129 e. The minimum absolute atomic E-state index is 1.15. The van der Waals surface area contributed by atoms with E-state index in [2.05, 4.69) is 82.8 Å². The molecule has 94 valence electrons. The molecule has 0 fully saturated rings. The third-order valence-corrected chi connectivity index (χ3v) is 4.76. The van der Waals surface area contributed by atoms with Gasteiger partial charge in [0.25, 0.3) is 0 Å². The van der Waals surface area contributed by atoms with Gasteiger partial charge in [0, 0.05) is 9.37 Å². The van der Waals surface area contributed by atoms with Gasteiger partial charge >= 0.3 is 0 Å². The highest BCUT2D eigenvalue weighted by Gasteiger charge is 2.09. The minimum atomic E-state index is 1.15. The van der Waals surface area contributed by atoms with Crippen molar-refractivity contribution in [2.45, 2.75) is 4.90 Å². The smallest absolute Gasteiger partial charge is 0.0254 e. The van der Waals surface area contributed by atoms with Crippen LogP contribution in [0.5, 0.6) is 0 Å². The molecule has 0 heterocycles. The zero-order valence-corrected chi connectivity index (χ0v) is 13.0. The maximum Gasteiger partial charge on any atom is 0.0254 e. The second kappa shape index (κ2) is 5.40. The maximum atomic E-state index is 3.63. The van der Waals surface area contributed by atoms with Crippen molar-refractivity contribution in [3.8, 4) is 11.1 Å². The van der Waals surface area contributed by atoms with E-state index < -0.39 is 0 Å².